The van der Waals surface area contributed by atoms with Gasteiger partial charge < -0.3 is 0 Å². The van der Waals surface area contributed by atoms with E-state index >= 15 is 0 Å². The third-order valence-corrected chi connectivity index (χ3v) is 3.22. The van der Waals surface area contributed by atoms with Crippen molar-refractivity contribution in [1.82, 2.24) is 15.0 Å². The van der Waals surface area contributed by atoms with Crippen LogP contribution in [0.1, 0.15) is 36.9 Å². The molecule has 1 aliphatic carbocycles. The van der Waals surface area contributed by atoms with E-state index in [1.54, 1.807) is 0 Å². The first-order valence-electron chi connectivity index (χ1n) is 5.64. The van der Waals surface area contributed by atoms with Crippen LogP contribution in [0.25, 0.3) is 11.0 Å². The third-order valence-electron chi connectivity index (χ3n) is 3.22. The molecule has 0 unspecified atom stereocenters. The smallest absolute Gasteiger partial charge is 0.113 e. The Morgan fingerprint density at radius 2 is 2.20 bits per heavy atom. The predicted molar refractivity (Wildman–Crippen MR) is 59.9 cm³/mol. The fraction of sp³-hybridized carbons (Fsp3) is 0.500. The van der Waals surface area contributed by atoms with Crippen LogP contribution in [-0.2, 0) is 6.42 Å². The minimum Gasteiger partial charge on any atom is -0.241 e. The first-order valence-corrected chi connectivity index (χ1v) is 5.64. The van der Waals surface area contributed by atoms with E-state index in [0.717, 1.165) is 11.9 Å². The van der Waals surface area contributed by atoms with Gasteiger partial charge in [0.2, 0.25) is 0 Å². The van der Waals surface area contributed by atoms with E-state index in [2.05, 4.69) is 41.0 Å². The number of benzene rings is 1. The Balaban J connectivity index is 2.33. The van der Waals surface area contributed by atoms with E-state index in [9.17, 15) is 0 Å². The molecule has 1 fully saturated rings. The minimum absolute atomic E-state index is 0.613. The fourth-order valence-electron chi connectivity index (χ4n) is 2.22. The van der Waals surface area contributed by atoms with Crippen molar-refractivity contribution in [3.63, 3.8) is 0 Å². The third kappa shape index (κ3) is 1.26. The molecule has 1 aromatic heterocycles. The first kappa shape index (κ1) is 8.89. The van der Waals surface area contributed by atoms with Crippen molar-refractivity contribution in [2.45, 2.75) is 39.2 Å². The van der Waals surface area contributed by atoms with Crippen LogP contribution >= 0.6 is 0 Å². The van der Waals surface area contributed by atoms with Gasteiger partial charge in [0.1, 0.15) is 5.52 Å². The molecular weight excluding hydrogens is 186 g/mol. The molecule has 0 radical (unpaired) electrons. The Kier molecular flexibility index (Phi) is 1.81. The van der Waals surface area contributed by atoms with Crippen LogP contribution in [0.5, 0.6) is 0 Å². The van der Waals surface area contributed by atoms with Crippen molar-refractivity contribution in [3.05, 3.63) is 23.3 Å². The van der Waals surface area contributed by atoms with Gasteiger partial charge in [-0.25, -0.2) is 4.68 Å². The first-order chi connectivity index (χ1) is 7.31. The fourth-order valence-corrected chi connectivity index (χ4v) is 2.22. The lowest BCUT2D eigenvalue weighted by atomic mass is 10.0. The highest BCUT2D eigenvalue weighted by atomic mass is 15.4. The van der Waals surface area contributed by atoms with Gasteiger partial charge in [0.05, 0.1) is 11.6 Å². The van der Waals surface area contributed by atoms with Crippen molar-refractivity contribution < 1.29 is 0 Å². The topological polar surface area (TPSA) is 30.7 Å². The summed E-state index contributed by atoms with van der Waals surface area (Å²) in [5, 5.41) is 8.52. The van der Waals surface area contributed by atoms with E-state index in [1.807, 2.05) is 0 Å². The van der Waals surface area contributed by atoms with Gasteiger partial charge in [0, 0.05) is 0 Å². The average molecular weight is 201 g/mol. The molecule has 1 saturated carbocycles. The summed E-state index contributed by atoms with van der Waals surface area (Å²) in [5.41, 5.74) is 5.07. The van der Waals surface area contributed by atoms with E-state index < -0.39 is 0 Å². The molecule has 1 aliphatic rings. The second-order valence-electron chi connectivity index (χ2n) is 4.35. The van der Waals surface area contributed by atoms with Gasteiger partial charge in [-0.05, 0) is 43.4 Å². The molecule has 3 rings (SSSR count). The van der Waals surface area contributed by atoms with Crippen LogP contribution in [0.4, 0.5) is 0 Å². The van der Waals surface area contributed by atoms with Gasteiger partial charge in [-0.3, -0.25) is 0 Å². The van der Waals surface area contributed by atoms with Crippen molar-refractivity contribution in [3.8, 4) is 0 Å². The maximum absolute atomic E-state index is 4.27. The van der Waals surface area contributed by atoms with E-state index in [-0.39, 0.29) is 0 Å². The lowest BCUT2D eigenvalue weighted by Gasteiger charge is -2.06. The van der Waals surface area contributed by atoms with Crippen LogP contribution in [0.3, 0.4) is 0 Å². The molecule has 15 heavy (non-hydrogen) atoms. The number of rotatable bonds is 2. The molecule has 0 amide bonds. The van der Waals surface area contributed by atoms with Gasteiger partial charge in [-0.1, -0.05) is 18.2 Å². The summed E-state index contributed by atoms with van der Waals surface area (Å²) in [7, 11) is 0. The molecule has 0 bridgehead atoms. The molecule has 0 N–H and O–H groups in total. The predicted octanol–water partition coefficient (Wildman–Crippen LogP) is 2.64. The Labute approximate surface area is 89.1 Å². The van der Waals surface area contributed by atoms with Crippen LogP contribution in [-0.4, -0.2) is 15.0 Å². The summed E-state index contributed by atoms with van der Waals surface area (Å²) in [5.74, 6) is 0. The summed E-state index contributed by atoms with van der Waals surface area (Å²) >= 11 is 0. The lowest BCUT2D eigenvalue weighted by Crippen LogP contribution is -1.99. The van der Waals surface area contributed by atoms with Gasteiger partial charge in [-0.2, -0.15) is 0 Å². The van der Waals surface area contributed by atoms with Crippen LogP contribution in [0, 0.1) is 6.92 Å². The Bertz CT molecular complexity index is 509. The normalized spacial score (nSPS) is 16.1. The average Bonchev–Trinajstić information content (AvgIpc) is 2.99. The zero-order valence-electron chi connectivity index (χ0n) is 9.20. The highest BCUT2D eigenvalue weighted by Gasteiger charge is 2.27. The number of nitrogens with zero attached hydrogens (tertiary/aromatic N) is 3. The van der Waals surface area contributed by atoms with Crippen molar-refractivity contribution >= 4 is 11.0 Å². The zero-order valence-corrected chi connectivity index (χ0v) is 9.20. The monoisotopic (exact) mass is 201 g/mol. The Morgan fingerprint density at radius 1 is 1.40 bits per heavy atom. The molecule has 0 saturated heterocycles. The molecule has 0 atom stereocenters. The van der Waals surface area contributed by atoms with Crippen molar-refractivity contribution in [1.29, 1.82) is 0 Å². The molecule has 0 spiro atoms. The van der Waals surface area contributed by atoms with Crippen LogP contribution in [0.2, 0.25) is 0 Å². The summed E-state index contributed by atoms with van der Waals surface area (Å²) < 4.78 is 2.13. The highest BCUT2D eigenvalue weighted by molar-refractivity contribution is 5.79. The Hall–Kier alpha value is -1.38. The van der Waals surface area contributed by atoms with Crippen LogP contribution in [0.15, 0.2) is 12.1 Å². The number of hydrogen-bond acceptors (Lipinski definition) is 2. The number of aromatic nitrogens is 3. The van der Waals surface area contributed by atoms with E-state index in [4.69, 9.17) is 0 Å². The SMILES string of the molecule is CCc1c(C)ccc2nnn(C3CC3)c12. The molecule has 1 aromatic carbocycles. The van der Waals surface area contributed by atoms with Crippen molar-refractivity contribution in [2.24, 2.45) is 0 Å². The lowest BCUT2D eigenvalue weighted by molar-refractivity contribution is 0.628. The highest BCUT2D eigenvalue weighted by Crippen LogP contribution is 2.37. The van der Waals surface area contributed by atoms with Crippen molar-refractivity contribution in [2.75, 3.05) is 0 Å². The quantitative estimate of drug-likeness (QED) is 0.747. The number of aryl methyl sites for hydroxylation is 2. The molecule has 3 heteroatoms. The number of fused-ring (bicyclic) bond motifs is 1. The summed E-state index contributed by atoms with van der Waals surface area (Å²) in [6, 6.07) is 4.84. The minimum atomic E-state index is 0.613. The molecule has 3 nitrogen and oxygen atoms in total. The second kappa shape index (κ2) is 3.05. The van der Waals surface area contributed by atoms with Gasteiger partial charge >= 0.3 is 0 Å². The maximum Gasteiger partial charge on any atom is 0.113 e. The van der Waals surface area contributed by atoms with Crippen LogP contribution < -0.4 is 0 Å². The summed E-state index contributed by atoms with van der Waals surface area (Å²) in [6.07, 6.45) is 3.58. The molecule has 78 valence electrons. The standard InChI is InChI=1S/C12H15N3/c1-3-10-8(2)4-7-11-12(10)15(14-13-11)9-5-6-9/h4,7,9H,3,5-6H2,1-2H3. The summed E-state index contributed by atoms with van der Waals surface area (Å²) in [6.45, 7) is 4.37. The molecule has 2 aromatic rings. The number of hydrogen-bond donors (Lipinski definition) is 0. The zero-order chi connectivity index (χ0) is 10.4. The van der Waals surface area contributed by atoms with Gasteiger partial charge in [0.15, 0.2) is 0 Å². The molecular formula is C12H15N3. The Morgan fingerprint density at radius 3 is 2.87 bits per heavy atom. The van der Waals surface area contributed by atoms with Gasteiger partial charge in [0.25, 0.3) is 0 Å². The summed E-state index contributed by atoms with van der Waals surface area (Å²) in [4.78, 5) is 0. The second-order valence-corrected chi connectivity index (χ2v) is 4.35. The maximum atomic E-state index is 4.27. The van der Waals surface area contributed by atoms with E-state index in [0.29, 0.717) is 6.04 Å². The molecule has 0 aliphatic heterocycles. The van der Waals surface area contributed by atoms with E-state index in [1.165, 1.54) is 29.5 Å². The van der Waals surface area contributed by atoms with Gasteiger partial charge in [-0.15, -0.1) is 5.10 Å². The largest absolute Gasteiger partial charge is 0.241 e. The molecule has 1 heterocycles.